The minimum atomic E-state index is 1.05. The van der Waals surface area contributed by atoms with Crippen LogP contribution in [0.3, 0.4) is 0 Å². The minimum absolute atomic E-state index is 1.05. The number of nitrogens with zero attached hydrogens (tertiary/aromatic N) is 2. The van der Waals surface area contributed by atoms with Crippen LogP contribution in [0.2, 0.25) is 0 Å². The minimum Gasteiger partial charge on any atom is -0.297 e. The Kier molecular flexibility index (Phi) is 4.20. The lowest BCUT2D eigenvalue weighted by molar-refractivity contribution is 0.622. The number of aromatic nitrogens is 2. The van der Waals surface area contributed by atoms with Gasteiger partial charge in [0.05, 0.1) is 16.6 Å². The van der Waals surface area contributed by atoms with Crippen LogP contribution >= 0.6 is 0 Å². The molecule has 0 atom stereocenters. The van der Waals surface area contributed by atoms with Crippen molar-refractivity contribution in [2.75, 3.05) is 0 Å². The first-order valence-electron chi connectivity index (χ1n) is 9.16. The summed E-state index contributed by atoms with van der Waals surface area (Å²) in [5.74, 6) is 1.20. The average molecular weight is 316 g/mol. The maximum atomic E-state index is 5.01. The molecule has 4 aromatic rings. The summed E-state index contributed by atoms with van der Waals surface area (Å²) in [6, 6.07) is 19.4. The lowest BCUT2D eigenvalue weighted by Crippen LogP contribution is -2.02. The summed E-state index contributed by atoms with van der Waals surface area (Å²) in [6.07, 6.45) is 7.52. The molecule has 2 nitrogen and oxygen atoms in total. The van der Waals surface area contributed by atoms with Crippen LogP contribution in [-0.2, 0) is 6.42 Å². The van der Waals surface area contributed by atoms with Gasteiger partial charge in [-0.15, -0.1) is 0 Å². The second-order valence-electron chi connectivity index (χ2n) is 6.63. The lowest BCUT2D eigenvalue weighted by Gasteiger charge is -2.10. The molecule has 2 aromatic heterocycles. The van der Waals surface area contributed by atoms with E-state index in [2.05, 4.69) is 65.9 Å². The van der Waals surface area contributed by atoms with Crippen molar-refractivity contribution in [3.8, 4) is 0 Å². The van der Waals surface area contributed by atoms with Gasteiger partial charge in [-0.1, -0.05) is 69.0 Å². The van der Waals surface area contributed by atoms with E-state index in [0.29, 0.717) is 0 Å². The van der Waals surface area contributed by atoms with Gasteiger partial charge in [0, 0.05) is 17.2 Å². The van der Waals surface area contributed by atoms with E-state index in [9.17, 15) is 0 Å². The average Bonchev–Trinajstić information content (AvgIpc) is 3.01. The Hall–Kier alpha value is -2.35. The second-order valence-corrected chi connectivity index (χ2v) is 6.63. The first-order valence-corrected chi connectivity index (χ1v) is 9.16. The predicted octanol–water partition coefficient (Wildman–Crippen LogP) is 6.15. The number of rotatable bonds is 6. The van der Waals surface area contributed by atoms with Crippen LogP contribution in [-0.4, -0.2) is 9.38 Å². The van der Waals surface area contributed by atoms with Gasteiger partial charge in [-0.05, 0) is 24.6 Å². The smallest absolute Gasteiger partial charge is 0.114 e. The standard InChI is InChI=1S/C22H24N2/c1-2-3-4-5-6-15-22-23-19-13-9-8-12-18(19)21-16-17-11-7-10-14-20(17)24(21)22/h7-14,16H,2-6,15H2,1H3. The van der Waals surface area contributed by atoms with E-state index in [4.69, 9.17) is 4.98 Å². The van der Waals surface area contributed by atoms with E-state index < -0.39 is 0 Å². The van der Waals surface area contributed by atoms with Crippen molar-refractivity contribution >= 4 is 27.3 Å². The number of unbranched alkanes of at least 4 members (excludes halogenated alkanes) is 4. The number of hydrogen-bond acceptors (Lipinski definition) is 1. The Morgan fingerprint density at radius 1 is 0.833 bits per heavy atom. The van der Waals surface area contributed by atoms with Gasteiger partial charge >= 0.3 is 0 Å². The Balaban J connectivity index is 1.83. The Labute approximate surface area is 143 Å². The van der Waals surface area contributed by atoms with Crippen LogP contribution < -0.4 is 0 Å². The molecular weight excluding hydrogens is 292 g/mol. The van der Waals surface area contributed by atoms with Crippen molar-refractivity contribution in [3.63, 3.8) is 0 Å². The van der Waals surface area contributed by atoms with Gasteiger partial charge in [0.15, 0.2) is 0 Å². The molecule has 0 N–H and O–H groups in total. The van der Waals surface area contributed by atoms with Gasteiger partial charge in [-0.3, -0.25) is 4.40 Å². The fourth-order valence-corrected chi connectivity index (χ4v) is 3.66. The molecule has 0 saturated carbocycles. The maximum absolute atomic E-state index is 5.01. The molecule has 2 heteroatoms. The lowest BCUT2D eigenvalue weighted by atomic mass is 10.1. The molecule has 0 aliphatic heterocycles. The van der Waals surface area contributed by atoms with Crippen molar-refractivity contribution in [2.45, 2.75) is 45.4 Å². The first-order chi connectivity index (χ1) is 11.9. The third-order valence-corrected chi connectivity index (χ3v) is 4.90. The number of aryl methyl sites for hydroxylation is 1. The van der Waals surface area contributed by atoms with Crippen LogP contribution in [0.1, 0.15) is 44.9 Å². The van der Waals surface area contributed by atoms with Crippen molar-refractivity contribution < 1.29 is 0 Å². The monoisotopic (exact) mass is 316 g/mol. The van der Waals surface area contributed by atoms with Crippen molar-refractivity contribution in [1.29, 1.82) is 0 Å². The number of benzene rings is 2. The van der Waals surface area contributed by atoms with E-state index in [1.54, 1.807) is 0 Å². The molecule has 24 heavy (non-hydrogen) atoms. The molecule has 0 amide bonds. The molecule has 4 rings (SSSR count). The van der Waals surface area contributed by atoms with E-state index in [-0.39, 0.29) is 0 Å². The van der Waals surface area contributed by atoms with Gasteiger partial charge in [0.2, 0.25) is 0 Å². The first kappa shape index (κ1) is 15.2. The van der Waals surface area contributed by atoms with Crippen LogP contribution in [0, 0.1) is 0 Å². The summed E-state index contributed by atoms with van der Waals surface area (Å²) < 4.78 is 2.37. The molecule has 2 heterocycles. The number of fused-ring (bicyclic) bond motifs is 5. The highest BCUT2D eigenvalue weighted by Crippen LogP contribution is 2.28. The number of hydrogen-bond donors (Lipinski definition) is 0. The van der Waals surface area contributed by atoms with Crippen LogP contribution in [0.5, 0.6) is 0 Å². The Morgan fingerprint density at radius 2 is 1.62 bits per heavy atom. The molecule has 122 valence electrons. The van der Waals surface area contributed by atoms with E-state index in [1.807, 2.05) is 0 Å². The highest BCUT2D eigenvalue weighted by atomic mass is 15.0. The third-order valence-electron chi connectivity index (χ3n) is 4.90. The molecule has 0 fully saturated rings. The molecule has 0 saturated heterocycles. The van der Waals surface area contributed by atoms with Crippen molar-refractivity contribution in [1.82, 2.24) is 9.38 Å². The van der Waals surface area contributed by atoms with Crippen LogP contribution in [0.25, 0.3) is 27.3 Å². The van der Waals surface area contributed by atoms with E-state index >= 15 is 0 Å². The predicted molar refractivity (Wildman–Crippen MR) is 103 cm³/mol. The molecule has 0 bridgehead atoms. The summed E-state index contributed by atoms with van der Waals surface area (Å²) in [5.41, 5.74) is 3.66. The SMILES string of the molecule is CCCCCCCc1nc2ccccc2c2cc3ccccc3n12. The third kappa shape index (κ3) is 2.66. The zero-order chi connectivity index (χ0) is 16.4. The molecule has 0 unspecified atom stereocenters. The summed E-state index contributed by atoms with van der Waals surface area (Å²) in [6.45, 7) is 2.26. The quantitative estimate of drug-likeness (QED) is 0.390. The summed E-state index contributed by atoms with van der Waals surface area (Å²) in [4.78, 5) is 5.01. The van der Waals surface area contributed by atoms with Gasteiger partial charge in [-0.2, -0.15) is 0 Å². The van der Waals surface area contributed by atoms with Crippen molar-refractivity contribution in [2.24, 2.45) is 0 Å². The van der Waals surface area contributed by atoms with Gasteiger partial charge in [0.1, 0.15) is 5.82 Å². The van der Waals surface area contributed by atoms with Crippen LogP contribution in [0.4, 0.5) is 0 Å². The zero-order valence-electron chi connectivity index (χ0n) is 14.3. The molecular formula is C22H24N2. The van der Waals surface area contributed by atoms with Gasteiger partial charge < -0.3 is 0 Å². The van der Waals surface area contributed by atoms with Crippen molar-refractivity contribution in [3.05, 3.63) is 60.4 Å². The highest BCUT2D eigenvalue weighted by Gasteiger charge is 2.11. The molecule has 0 aliphatic rings. The fraction of sp³-hybridized carbons (Fsp3) is 0.318. The zero-order valence-corrected chi connectivity index (χ0v) is 14.3. The molecule has 0 spiro atoms. The second kappa shape index (κ2) is 6.64. The van der Waals surface area contributed by atoms with E-state index in [0.717, 1.165) is 11.9 Å². The van der Waals surface area contributed by atoms with Gasteiger partial charge in [-0.25, -0.2) is 4.98 Å². The largest absolute Gasteiger partial charge is 0.297 e. The molecule has 0 radical (unpaired) electrons. The molecule has 2 aromatic carbocycles. The summed E-state index contributed by atoms with van der Waals surface area (Å²) in [5, 5.41) is 2.53. The highest BCUT2D eigenvalue weighted by molar-refractivity contribution is 6.00. The Morgan fingerprint density at radius 3 is 2.54 bits per heavy atom. The number of para-hydroxylation sites is 2. The summed E-state index contributed by atoms with van der Waals surface area (Å²) >= 11 is 0. The fourth-order valence-electron chi connectivity index (χ4n) is 3.66. The summed E-state index contributed by atoms with van der Waals surface area (Å²) in [7, 11) is 0. The Bertz CT molecular complexity index is 981. The topological polar surface area (TPSA) is 17.3 Å². The maximum Gasteiger partial charge on any atom is 0.114 e. The molecule has 0 aliphatic carbocycles. The van der Waals surface area contributed by atoms with Crippen LogP contribution in [0.15, 0.2) is 54.6 Å². The normalized spacial score (nSPS) is 11.7. The van der Waals surface area contributed by atoms with Gasteiger partial charge in [0.25, 0.3) is 0 Å². The van der Waals surface area contributed by atoms with E-state index in [1.165, 1.54) is 59.7 Å².